The zero-order valence-electron chi connectivity index (χ0n) is 13.6. The van der Waals surface area contributed by atoms with Crippen LogP contribution in [0.3, 0.4) is 0 Å². The summed E-state index contributed by atoms with van der Waals surface area (Å²) >= 11 is 0. The summed E-state index contributed by atoms with van der Waals surface area (Å²) in [7, 11) is 0. The molecule has 1 aromatic rings. The van der Waals surface area contributed by atoms with E-state index in [9.17, 15) is 9.90 Å². The largest absolute Gasteiger partial charge is 0.481 e. The van der Waals surface area contributed by atoms with Crippen LogP contribution < -0.4 is 0 Å². The van der Waals surface area contributed by atoms with E-state index in [4.69, 9.17) is 0 Å². The molecule has 22 heavy (non-hydrogen) atoms. The lowest BCUT2D eigenvalue weighted by Gasteiger charge is -2.32. The van der Waals surface area contributed by atoms with E-state index in [2.05, 4.69) is 37.8 Å². The highest BCUT2D eigenvalue weighted by Crippen LogP contribution is 2.39. The molecule has 2 rings (SSSR count). The highest BCUT2D eigenvalue weighted by atomic mass is 16.4. The summed E-state index contributed by atoms with van der Waals surface area (Å²) in [4.78, 5) is 11.4. The number of allylic oxidation sites excluding steroid dienone is 1. The van der Waals surface area contributed by atoms with Crippen molar-refractivity contribution >= 4 is 5.97 Å². The fourth-order valence-electron chi connectivity index (χ4n) is 3.77. The van der Waals surface area contributed by atoms with Crippen LogP contribution in [0.2, 0.25) is 0 Å². The van der Waals surface area contributed by atoms with E-state index in [-0.39, 0.29) is 5.92 Å². The zero-order valence-corrected chi connectivity index (χ0v) is 13.6. The number of carbonyl (C=O) groups is 1. The molecule has 2 nitrogen and oxygen atoms in total. The van der Waals surface area contributed by atoms with Crippen LogP contribution in [0.15, 0.2) is 36.9 Å². The van der Waals surface area contributed by atoms with Crippen LogP contribution in [-0.2, 0) is 11.2 Å². The van der Waals surface area contributed by atoms with Crippen molar-refractivity contribution in [2.45, 2.75) is 57.8 Å². The van der Waals surface area contributed by atoms with E-state index in [0.29, 0.717) is 18.3 Å². The second-order valence-electron chi connectivity index (χ2n) is 6.57. The number of benzene rings is 1. The van der Waals surface area contributed by atoms with Crippen LogP contribution >= 0.6 is 0 Å². The van der Waals surface area contributed by atoms with Gasteiger partial charge in [-0.3, -0.25) is 4.79 Å². The Morgan fingerprint density at radius 1 is 1.27 bits per heavy atom. The summed E-state index contributed by atoms with van der Waals surface area (Å²) in [5, 5.41) is 9.37. The predicted molar refractivity (Wildman–Crippen MR) is 91.1 cm³/mol. The molecule has 0 amide bonds. The Bertz CT molecular complexity index is 481. The molecule has 0 spiro atoms. The Morgan fingerprint density at radius 3 is 2.41 bits per heavy atom. The summed E-state index contributed by atoms with van der Waals surface area (Å²) in [6, 6.07) is 9.05. The molecule has 0 aromatic heterocycles. The Balaban J connectivity index is 1.93. The van der Waals surface area contributed by atoms with Crippen molar-refractivity contribution in [3.05, 3.63) is 48.0 Å². The molecule has 120 valence electrons. The van der Waals surface area contributed by atoms with E-state index >= 15 is 0 Å². The number of aryl methyl sites for hydroxylation is 1. The first-order valence-electron chi connectivity index (χ1n) is 8.58. The van der Waals surface area contributed by atoms with Crippen molar-refractivity contribution in [3.8, 4) is 0 Å². The second kappa shape index (κ2) is 8.17. The van der Waals surface area contributed by atoms with Crippen molar-refractivity contribution in [1.82, 2.24) is 0 Å². The number of aliphatic carboxylic acids is 1. The summed E-state index contributed by atoms with van der Waals surface area (Å²) in [6.45, 7) is 5.91. The Hall–Kier alpha value is -1.57. The zero-order chi connectivity index (χ0) is 15.9. The summed E-state index contributed by atoms with van der Waals surface area (Å²) in [5.74, 6) is 0.00821. The molecule has 1 fully saturated rings. The first kappa shape index (κ1) is 16.8. The van der Waals surface area contributed by atoms with Crippen molar-refractivity contribution in [3.63, 3.8) is 0 Å². The maximum Gasteiger partial charge on any atom is 0.307 e. The first-order chi connectivity index (χ1) is 10.7. The van der Waals surface area contributed by atoms with Crippen LogP contribution in [-0.4, -0.2) is 11.1 Å². The standard InChI is InChI=1S/C20H28O2/c1-3-5-15-7-9-16(10-8-15)17-11-13-18(14-12-17)19(6-4-2)20(21)22/h4,7-10,17-19H,2-3,5-6,11-14H2,1H3,(H,21,22). The summed E-state index contributed by atoms with van der Waals surface area (Å²) in [6.07, 6.45) is 8.93. The summed E-state index contributed by atoms with van der Waals surface area (Å²) in [5.41, 5.74) is 2.84. The van der Waals surface area contributed by atoms with E-state index in [1.807, 2.05) is 0 Å². The molecule has 1 N–H and O–H groups in total. The molecule has 0 aliphatic heterocycles. The average Bonchev–Trinajstić information content (AvgIpc) is 2.54. The third-order valence-corrected chi connectivity index (χ3v) is 5.07. The number of rotatable bonds is 7. The van der Waals surface area contributed by atoms with Gasteiger partial charge in [-0.15, -0.1) is 6.58 Å². The van der Waals surface area contributed by atoms with Gasteiger partial charge in [-0.2, -0.15) is 0 Å². The average molecular weight is 300 g/mol. The molecule has 1 unspecified atom stereocenters. The van der Waals surface area contributed by atoms with E-state index in [0.717, 1.165) is 32.1 Å². The van der Waals surface area contributed by atoms with Crippen LogP contribution in [0.25, 0.3) is 0 Å². The maximum atomic E-state index is 11.4. The number of carboxylic acid groups (broad SMARTS) is 1. The highest BCUT2D eigenvalue weighted by molar-refractivity contribution is 5.70. The third-order valence-electron chi connectivity index (χ3n) is 5.07. The Kier molecular flexibility index (Phi) is 6.23. The quantitative estimate of drug-likeness (QED) is 0.704. The van der Waals surface area contributed by atoms with Crippen LogP contribution in [0.5, 0.6) is 0 Å². The molecule has 1 aliphatic rings. The normalized spacial score (nSPS) is 23.0. The van der Waals surface area contributed by atoms with Crippen LogP contribution in [0.4, 0.5) is 0 Å². The van der Waals surface area contributed by atoms with E-state index < -0.39 is 5.97 Å². The smallest absolute Gasteiger partial charge is 0.307 e. The fourth-order valence-corrected chi connectivity index (χ4v) is 3.77. The van der Waals surface area contributed by atoms with Gasteiger partial charge in [-0.1, -0.05) is 43.7 Å². The minimum atomic E-state index is -0.660. The van der Waals surface area contributed by atoms with Crippen LogP contribution in [0, 0.1) is 11.8 Å². The molecule has 0 saturated heterocycles. The minimum absolute atomic E-state index is 0.245. The van der Waals surface area contributed by atoms with Gasteiger partial charge in [0.05, 0.1) is 5.92 Å². The molecular weight excluding hydrogens is 272 g/mol. The lowest BCUT2D eigenvalue weighted by molar-refractivity contribution is -0.144. The molecule has 0 radical (unpaired) electrons. The van der Waals surface area contributed by atoms with E-state index in [1.54, 1.807) is 6.08 Å². The van der Waals surface area contributed by atoms with Crippen LogP contribution in [0.1, 0.15) is 62.5 Å². The number of hydrogen-bond acceptors (Lipinski definition) is 1. The molecule has 2 heteroatoms. The number of hydrogen-bond donors (Lipinski definition) is 1. The Morgan fingerprint density at radius 2 is 1.91 bits per heavy atom. The molecular formula is C20H28O2. The number of carboxylic acids is 1. The highest BCUT2D eigenvalue weighted by Gasteiger charge is 2.31. The first-order valence-corrected chi connectivity index (χ1v) is 8.58. The molecule has 0 heterocycles. The van der Waals surface area contributed by atoms with Crippen molar-refractivity contribution in [2.75, 3.05) is 0 Å². The van der Waals surface area contributed by atoms with Gasteiger partial charge in [0.2, 0.25) is 0 Å². The third kappa shape index (κ3) is 4.22. The Labute approximate surface area is 134 Å². The maximum absolute atomic E-state index is 11.4. The molecule has 1 atom stereocenters. The SMILES string of the molecule is C=CCC(C(=O)O)C1CCC(c2ccc(CCC)cc2)CC1. The van der Waals surface area contributed by atoms with Gasteiger partial charge in [0.25, 0.3) is 0 Å². The van der Waals surface area contributed by atoms with Gasteiger partial charge in [0.15, 0.2) is 0 Å². The molecule has 0 bridgehead atoms. The molecule has 1 aliphatic carbocycles. The minimum Gasteiger partial charge on any atom is -0.481 e. The van der Waals surface area contributed by atoms with Crippen molar-refractivity contribution < 1.29 is 9.90 Å². The topological polar surface area (TPSA) is 37.3 Å². The molecule has 1 aromatic carbocycles. The van der Waals surface area contributed by atoms with Gasteiger partial charge >= 0.3 is 5.97 Å². The monoisotopic (exact) mass is 300 g/mol. The lowest BCUT2D eigenvalue weighted by atomic mass is 9.73. The fraction of sp³-hybridized carbons (Fsp3) is 0.550. The lowest BCUT2D eigenvalue weighted by Crippen LogP contribution is -2.26. The van der Waals surface area contributed by atoms with Gasteiger partial charge < -0.3 is 5.11 Å². The van der Waals surface area contributed by atoms with Gasteiger partial charge in [0, 0.05) is 0 Å². The molecule has 1 saturated carbocycles. The second-order valence-corrected chi connectivity index (χ2v) is 6.57. The predicted octanol–water partition coefficient (Wildman–Crippen LogP) is 5.19. The van der Waals surface area contributed by atoms with Crippen molar-refractivity contribution in [1.29, 1.82) is 0 Å². The van der Waals surface area contributed by atoms with E-state index in [1.165, 1.54) is 17.5 Å². The summed E-state index contributed by atoms with van der Waals surface area (Å²) < 4.78 is 0. The van der Waals surface area contributed by atoms with Crippen molar-refractivity contribution in [2.24, 2.45) is 11.8 Å². The van der Waals surface area contributed by atoms with Gasteiger partial charge in [-0.05, 0) is 61.5 Å². The van der Waals surface area contributed by atoms with Gasteiger partial charge in [0.1, 0.15) is 0 Å². The van der Waals surface area contributed by atoms with Gasteiger partial charge in [-0.25, -0.2) is 0 Å².